The van der Waals surface area contributed by atoms with Crippen LogP contribution in [0.25, 0.3) is 0 Å². The van der Waals surface area contributed by atoms with Crippen LogP contribution >= 0.6 is 0 Å². The number of rotatable bonds is 4. The molecule has 0 aliphatic carbocycles. The molecule has 2 aromatic heterocycles. The van der Waals surface area contributed by atoms with E-state index in [-0.39, 0.29) is 5.69 Å². The van der Waals surface area contributed by atoms with Gasteiger partial charge in [-0.2, -0.15) is 5.10 Å². The highest BCUT2D eigenvalue weighted by atomic mass is 16.5. The van der Waals surface area contributed by atoms with Crippen molar-refractivity contribution < 1.29 is 9.32 Å². The van der Waals surface area contributed by atoms with Crippen LogP contribution in [-0.2, 0) is 6.42 Å². The van der Waals surface area contributed by atoms with Gasteiger partial charge in [-0.3, -0.25) is 9.89 Å². The van der Waals surface area contributed by atoms with Gasteiger partial charge in [-0.1, -0.05) is 18.5 Å². The van der Waals surface area contributed by atoms with Gasteiger partial charge in [-0.15, -0.1) is 0 Å². The van der Waals surface area contributed by atoms with E-state index in [0.717, 1.165) is 18.5 Å². The zero-order chi connectivity index (χ0) is 12.3. The molecule has 0 aliphatic heterocycles. The van der Waals surface area contributed by atoms with Gasteiger partial charge in [0.15, 0.2) is 11.5 Å². The number of nitrogen functional groups attached to an aromatic ring is 1. The van der Waals surface area contributed by atoms with Crippen molar-refractivity contribution in [3.05, 3.63) is 23.7 Å². The van der Waals surface area contributed by atoms with Crippen molar-refractivity contribution in [3.8, 4) is 0 Å². The maximum absolute atomic E-state index is 11.8. The summed E-state index contributed by atoms with van der Waals surface area (Å²) in [5, 5.41) is 12.7. The standard InChI is InChI=1S/C10H13N5O2/c1-2-3-6-8(11)9(14-13-6)10(16)12-7-4-5-17-15-7/h4-5H,2-3,11H2,1H3,(H,13,14)(H,12,15,16). The number of nitrogens with zero attached hydrogens (tertiary/aromatic N) is 2. The second-order valence-electron chi connectivity index (χ2n) is 3.55. The molecule has 2 rings (SSSR count). The molecule has 0 saturated heterocycles. The number of carbonyl (C=O) groups is 1. The Bertz CT molecular complexity index is 503. The number of anilines is 2. The second kappa shape index (κ2) is 4.69. The molecule has 0 atom stereocenters. The van der Waals surface area contributed by atoms with E-state index in [4.69, 9.17) is 5.73 Å². The van der Waals surface area contributed by atoms with Gasteiger partial charge >= 0.3 is 0 Å². The SMILES string of the molecule is CCCc1[nH]nc(C(=O)Nc2ccon2)c1N. The number of hydrogen-bond donors (Lipinski definition) is 3. The molecule has 0 spiro atoms. The van der Waals surface area contributed by atoms with E-state index >= 15 is 0 Å². The monoisotopic (exact) mass is 235 g/mol. The van der Waals surface area contributed by atoms with Crippen LogP contribution < -0.4 is 11.1 Å². The molecule has 0 unspecified atom stereocenters. The molecular weight excluding hydrogens is 222 g/mol. The first-order valence-corrected chi connectivity index (χ1v) is 5.26. The fourth-order valence-electron chi connectivity index (χ4n) is 1.45. The van der Waals surface area contributed by atoms with Gasteiger partial charge in [0.2, 0.25) is 0 Å². The average Bonchev–Trinajstić information content (AvgIpc) is 2.91. The summed E-state index contributed by atoms with van der Waals surface area (Å²) in [7, 11) is 0. The normalized spacial score (nSPS) is 10.4. The third-order valence-corrected chi connectivity index (χ3v) is 2.28. The highest BCUT2D eigenvalue weighted by Crippen LogP contribution is 2.16. The lowest BCUT2D eigenvalue weighted by atomic mass is 10.2. The predicted molar refractivity (Wildman–Crippen MR) is 61.5 cm³/mol. The van der Waals surface area contributed by atoms with E-state index in [2.05, 4.69) is 25.2 Å². The quantitative estimate of drug-likeness (QED) is 0.737. The topological polar surface area (TPSA) is 110 Å². The first-order chi connectivity index (χ1) is 8.22. The fourth-order valence-corrected chi connectivity index (χ4v) is 1.45. The molecule has 17 heavy (non-hydrogen) atoms. The minimum absolute atomic E-state index is 0.177. The maximum atomic E-state index is 11.8. The molecule has 4 N–H and O–H groups in total. The molecule has 0 aromatic carbocycles. The summed E-state index contributed by atoms with van der Waals surface area (Å²) in [4.78, 5) is 11.8. The van der Waals surface area contributed by atoms with E-state index in [1.54, 1.807) is 0 Å². The van der Waals surface area contributed by atoms with Gasteiger partial charge in [0, 0.05) is 6.07 Å². The summed E-state index contributed by atoms with van der Waals surface area (Å²) in [6.07, 6.45) is 3.05. The van der Waals surface area contributed by atoms with Crippen molar-refractivity contribution in [1.82, 2.24) is 15.4 Å². The van der Waals surface area contributed by atoms with Gasteiger partial charge in [0.1, 0.15) is 6.26 Å². The van der Waals surface area contributed by atoms with Gasteiger partial charge in [-0.05, 0) is 6.42 Å². The Balaban J connectivity index is 2.14. The average molecular weight is 235 g/mol. The molecule has 0 fully saturated rings. The molecule has 2 aromatic rings. The Morgan fingerprint density at radius 1 is 1.65 bits per heavy atom. The molecule has 1 amide bonds. The third-order valence-electron chi connectivity index (χ3n) is 2.28. The number of nitrogens with two attached hydrogens (primary N) is 1. The van der Waals surface area contributed by atoms with Gasteiger partial charge in [0.25, 0.3) is 5.91 Å². The van der Waals surface area contributed by atoms with Crippen molar-refractivity contribution in [2.24, 2.45) is 0 Å². The predicted octanol–water partition coefficient (Wildman–Crippen LogP) is 1.18. The smallest absolute Gasteiger partial charge is 0.279 e. The van der Waals surface area contributed by atoms with E-state index in [1.807, 2.05) is 6.92 Å². The molecule has 0 bridgehead atoms. The molecule has 7 heteroatoms. The summed E-state index contributed by atoms with van der Waals surface area (Å²) in [6, 6.07) is 1.54. The van der Waals surface area contributed by atoms with E-state index < -0.39 is 5.91 Å². The molecule has 0 radical (unpaired) electrons. The lowest BCUT2D eigenvalue weighted by Gasteiger charge is -1.99. The Morgan fingerprint density at radius 3 is 3.12 bits per heavy atom. The zero-order valence-corrected chi connectivity index (χ0v) is 9.36. The number of aryl methyl sites for hydroxylation is 1. The van der Waals surface area contributed by atoms with Gasteiger partial charge < -0.3 is 15.6 Å². The highest BCUT2D eigenvalue weighted by Gasteiger charge is 2.17. The fraction of sp³-hybridized carbons (Fsp3) is 0.300. The van der Waals surface area contributed by atoms with Crippen LogP contribution in [0.2, 0.25) is 0 Å². The van der Waals surface area contributed by atoms with Gasteiger partial charge in [-0.25, -0.2) is 0 Å². The lowest BCUT2D eigenvalue weighted by Crippen LogP contribution is -2.14. The van der Waals surface area contributed by atoms with Crippen molar-refractivity contribution in [3.63, 3.8) is 0 Å². The molecular formula is C10H13N5O2. The van der Waals surface area contributed by atoms with Crippen LogP contribution in [0.15, 0.2) is 16.9 Å². The third kappa shape index (κ3) is 2.27. The number of carbonyl (C=O) groups excluding carboxylic acids is 1. The highest BCUT2D eigenvalue weighted by molar-refractivity contribution is 6.06. The Labute approximate surface area is 97.4 Å². The summed E-state index contributed by atoms with van der Waals surface area (Å²) < 4.78 is 4.60. The minimum Gasteiger partial charge on any atom is -0.395 e. The first kappa shape index (κ1) is 11.2. The Kier molecular flexibility index (Phi) is 3.08. The summed E-state index contributed by atoms with van der Waals surface area (Å²) in [6.45, 7) is 2.02. The minimum atomic E-state index is -0.407. The number of hydrogen-bond acceptors (Lipinski definition) is 5. The first-order valence-electron chi connectivity index (χ1n) is 5.26. The Hall–Kier alpha value is -2.31. The van der Waals surface area contributed by atoms with Crippen molar-refractivity contribution in [1.29, 1.82) is 0 Å². The van der Waals surface area contributed by atoms with Crippen LogP contribution in [0.5, 0.6) is 0 Å². The van der Waals surface area contributed by atoms with Crippen molar-refractivity contribution in [2.45, 2.75) is 19.8 Å². The van der Waals surface area contributed by atoms with Crippen LogP contribution in [0.4, 0.5) is 11.5 Å². The van der Waals surface area contributed by atoms with Crippen LogP contribution in [0.1, 0.15) is 29.5 Å². The summed E-state index contributed by atoms with van der Waals surface area (Å²) in [5.74, 6) is -0.0792. The number of aromatic nitrogens is 3. The van der Waals surface area contributed by atoms with Crippen molar-refractivity contribution in [2.75, 3.05) is 11.1 Å². The van der Waals surface area contributed by atoms with Crippen LogP contribution in [0.3, 0.4) is 0 Å². The Morgan fingerprint density at radius 2 is 2.47 bits per heavy atom. The van der Waals surface area contributed by atoms with Crippen LogP contribution in [0, 0.1) is 0 Å². The maximum Gasteiger partial charge on any atom is 0.279 e. The zero-order valence-electron chi connectivity index (χ0n) is 9.36. The number of amides is 1. The number of H-pyrrole nitrogens is 1. The molecule has 7 nitrogen and oxygen atoms in total. The van der Waals surface area contributed by atoms with Crippen LogP contribution in [-0.4, -0.2) is 21.3 Å². The molecule has 2 heterocycles. The van der Waals surface area contributed by atoms with Crippen molar-refractivity contribution >= 4 is 17.4 Å². The molecule has 90 valence electrons. The lowest BCUT2D eigenvalue weighted by molar-refractivity contribution is 0.102. The second-order valence-corrected chi connectivity index (χ2v) is 3.55. The summed E-state index contributed by atoms with van der Waals surface area (Å²) >= 11 is 0. The van der Waals surface area contributed by atoms with Gasteiger partial charge in [0.05, 0.1) is 11.4 Å². The summed E-state index contributed by atoms with van der Waals surface area (Å²) in [5.41, 5.74) is 7.16. The molecule has 0 saturated carbocycles. The number of nitrogens with one attached hydrogen (secondary N) is 2. The van der Waals surface area contributed by atoms with E-state index in [9.17, 15) is 4.79 Å². The number of aromatic amines is 1. The largest absolute Gasteiger partial charge is 0.395 e. The van der Waals surface area contributed by atoms with E-state index in [1.165, 1.54) is 12.3 Å². The molecule has 0 aliphatic rings. The van der Waals surface area contributed by atoms with E-state index in [0.29, 0.717) is 11.5 Å².